The number of carbonyl (C=O) groups excluding carboxylic acids is 2. The van der Waals surface area contributed by atoms with Crippen LogP contribution in [0.1, 0.15) is 25.7 Å². The molecular formula is C17H23N3O2S2. The monoisotopic (exact) mass is 365 g/mol. The van der Waals surface area contributed by atoms with Crippen LogP contribution in [0.2, 0.25) is 0 Å². The van der Waals surface area contributed by atoms with E-state index in [0.717, 1.165) is 35.6 Å². The average Bonchev–Trinajstić information content (AvgIpc) is 3.11. The van der Waals surface area contributed by atoms with Crippen molar-refractivity contribution in [3.05, 3.63) is 24.3 Å². The zero-order chi connectivity index (χ0) is 16.9. The van der Waals surface area contributed by atoms with Gasteiger partial charge in [0.2, 0.25) is 5.91 Å². The van der Waals surface area contributed by atoms with Gasteiger partial charge in [-0.3, -0.25) is 4.79 Å². The Morgan fingerprint density at radius 2 is 2.25 bits per heavy atom. The molecule has 3 N–H and O–H groups in total. The smallest absolute Gasteiger partial charge is 0.315 e. The Morgan fingerprint density at radius 3 is 3.08 bits per heavy atom. The van der Waals surface area contributed by atoms with Crippen molar-refractivity contribution >= 4 is 41.1 Å². The quantitative estimate of drug-likeness (QED) is 0.395. The van der Waals surface area contributed by atoms with E-state index in [1.165, 1.54) is 0 Å². The second-order valence-electron chi connectivity index (χ2n) is 6.15. The van der Waals surface area contributed by atoms with Gasteiger partial charge in [-0.1, -0.05) is 12.5 Å². The highest BCUT2D eigenvalue weighted by Crippen LogP contribution is 2.33. The summed E-state index contributed by atoms with van der Waals surface area (Å²) in [4.78, 5) is 24.5. The number of thioether (sulfide) groups is 2. The third-order valence-electron chi connectivity index (χ3n) is 4.43. The number of fused-ring (bicyclic) bond motifs is 1. The second-order valence-corrected chi connectivity index (χ2v) is 8.30. The van der Waals surface area contributed by atoms with Crippen LogP contribution >= 0.6 is 23.5 Å². The maximum absolute atomic E-state index is 12.0. The normalized spacial score (nSPS) is 25.0. The molecule has 0 aliphatic carbocycles. The molecule has 2 aliphatic heterocycles. The molecule has 3 atom stereocenters. The van der Waals surface area contributed by atoms with Gasteiger partial charge in [-0.2, -0.15) is 11.8 Å². The number of hydrogen-bond donors (Lipinski definition) is 3. The van der Waals surface area contributed by atoms with Gasteiger partial charge in [0.1, 0.15) is 0 Å². The second kappa shape index (κ2) is 8.16. The third kappa shape index (κ3) is 4.39. The van der Waals surface area contributed by atoms with Crippen molar-refractivity contribution in [2.24, 2.45) is 0 Å². The molecule has 0 aromatic heterocycles. The van der Waals surface area contributed by atoms with Crippen LogP contribution in [0.5, 0.6) is 0 Å². The first-order chi connectivity index (χ1) is 11.7. The minimum Gasteiger partial charge on any atom is -0.332 e. The van der Waals surface area contributed by atoms with Crippen molar-refractivity contribution in [1.82, 2.24) is 10.6 Å². The Morgan fingerprint density at radius 1 is 1.38 bits per heavy atom. The summed E-state index contributed by atoms with van der Waals surface area (Å²) in [5.74, 6) is 1.06. The number of urea groups is 1. The Bertz CT molecular complexity index is 611. The van der Waals surface area contributed by atoms with E-state index in [0.29, 0.717) is 11.7 Å². The predicted molar refractivity (Wildman–Crippen MR) is 101 cm³/mol. The fraction of sp³-hybridized carbons (Fsp3) is 0.529. The molecule has 5 nitrogen and oxygen atoms in total. The van der Waals surface area contributed by atoms with E-state index in [2.05, 4.69) is 16.0 Å². The van der Waals surface area contributed by atoms with Gasteiger partial charge in [0.15, 0.2) is 0 Å². The van der Waals surface area contributed by atoms with Crippen LogP contribution in [0.15, 0.2) is 29.2 Å². The van der Waals surface area contributed by atoms with Crippen LogP contribution in [0.25, 0.3) is 0 Å². The van der Waals surface area contributed by atoms with Crippen LogP contribution in [-0.4, -0.2) is 41.3 Å². The van der Waals surface area contributed by atoms with Crippen LogP contribution in [0, 0.1) is 0 Å². The molecule has 0 unspecified atom stereocenters. The largest absolute Gasteiger partial charge is 0.332 e. The minimum absolute atomic E-state index is 0.0397. The van der Waals surface area contributed by atoms with E-state index >= 15 is 0 Å². The van der Waals surface area contributed by atoms with E-state index in [9.17, 15) is 9.59 Å². The van der Waals surface area contributed by atoms with E-state index < -0.39 is 0 Å². The zero-order valence-corrected chi connectivity index (χ0v) is 15.3. The highest BCUT2D eigenvalue weighted by Gasteiger charge is 2.42. The molecule has 2 aliphatic rings. The lowest BCUT2D eigenvalue weighted by Crippen LogP contribution is -2.36. The van der Waals surface area contributed by atoms with Gasteiger partial charge in [-0.15, -0.1) is 11.8 Å². The van der Waals surface area contributed by atoms with Crippen molar-refractivity contribution < 1.29 is 9.59 Å². The van der Waals surface area contributed by atoms with Gasteiger partial charge >= 0.3 is 6.03 Å². The first-order valence-electron chi connectivity index (χ1n) is 8.28. The summed E-state index contributed by atoms with van der Waals surface area (Å²) < 4.78 is 0. The van der Waals surface area contributed by atoms with Gasteiger partial charge in [0, 0.05) is 28.0 Å². The van der Waals surface area contributed by atoms with Crippen molar-refractivity contribution in [1.29, 1.82) is 0 Å². The fourth-order valence-corrected chi connectivity index (χ4v) is 5.20. The van der Waals surface area contributed by atoms with Crippen molar-refractivity contribution in [3.63, 3.8) is 0 Å². The highest BCUT2D eigenvalue weighted by atomic mass is 32.2. The molecule has 3 amide bonds. The number of rotatable bonds is 7. The Kier molecular flexibility index (Phi) is 5.94. The first kappa shape index (κ1) is 17.5. The predicted octanol–water partition coefficient (Wildman–Crippen LogP) is 3.07. The topological polar surface area (TPSA) is 70.2 Å². The molecule has 0 saturated carbocycles. The molecule has 3 rings (SSSR count). The first-order valence-corrected chi connectivity index (χ1v) is 10.6. The number of hydrogen-bond acceptors (Lipinski definition) is 4. The molecule has 24 heavy (non-hydrogen) atoms. The third-order valence-corrected chi connectivity index (χ3v) is 6.67. The van der Waals surface area contributed by atoms with Gasteiger partial charge < -0.3 is 16.0 Å². The van der Waals surface area contributed by atoms with Crippen LogP contribution in [0.3, 0.4) is 0 Å². The summed E-state index contributed by atoms with van der Waals surface area (Å²) in [7, 11) is 0. The number of amides is 3. The Labute approximate surface area is 151 Å². The van der Waals surface area contributed by atoms with Crippen molar-refractivity contribution in [2.45, 2.75) is 47.9 Å². The fourth-order valence-electron chi connectivity index (χ4n) is 3.20. The van der Waals surface area contributed by atoms with Gasteiger partial charge in [-0.25, -0.2) is 4.79 Å². The summed E-state index contributed by atoms with van der Waals surface area (Å²) >= 11 is 3.59. The summed E-state index contributed by atoms with van der Waals surface area (Å²) in [5.41, 5.74) is 0.862. The van der Waals surface area contributed by atoms with E-state index in [-0.39, 0.29) is 24.0 Å². The molecule has 1 aromatic carbocycles. The molecule has 0 bridgehead atoms. The molecule has 0 radical (unpaired) electrons. The van der Waals surface area contributed by atoms with E-state index in [1.807, 2.05) is 42.3 Å². The summed E-state index contributed by atoms with van der Waals surface area (Å²) in [5, 5.41) is 9.39. The lowest BCUT2D eigenvalue weighted by Gasteiger charge is -2.16. The van der Waals surface area contributed by atoms with Crippen LogP contribution < -0.4 is 16.0 Å². The number of nitrogens with one attached hydrogen (secondary N) is 3. The van der Waals surface area contributed by atoms with Gasteiger partial charge in [0.05, 0.1) is 12.1 Å². The maximum atomic E-state index is 12.0. The molecular weight excluding hydrogens is 342 g/mol. The zero-order valence-electron chi connectivity index (χ0n) is 13.7. The molecule has 2 saturated heterocycles. The van der Waals surface area contributed by atoms with Crippen molar-refractivity contribution in [2.75, 3.05) is 17.3 Å². The summed E-state index contributed by atoms with van der Waals surface area (Å²) in [6, 6.07) is 8.39. The average molecular weight is 366 g/mol. The lowest BCUT2D eigenvalue weighted by atomic mass is 10.0. The molecule has 1 aromatic rings. The molecule has 2 fully saturated rings. The van der Waals surface area contributed by atoms with Gasteiger partial charge in [-0.05, 0) is 37.3 Å². The highest BCUT2D eigenvalue weighted by molar-refractivity contribution is 8.00. The van der Waals surface area contributed by atoms with Crippen LogP contribution in [0.4, 0.5) is 10.5 Å². The lowest BCUT2D eigenvalue weighted by molar-refractivity contribution is -0.116. The number of unbranched alkanes of at least 4 members (excludes halogenated alkanes) is 1. The number of benzene rings is 1. The Balaban J connectivity index is 1.36. The summed E-state index contributed by atoms with van der Waals surface area (Å²) in [6.07, 6.45) is 5.50. The number of carbonyl (C=O) groups is 2. The van der Waals surface area contributed by atoms with Gasteiger partial charge in [0.25, 0.3) is 0 Å². The maximum Gasteiger partial charge on any atom is 0.315 e. The number of anilines is 1. The minimum atomic E-state index is -0.0397. The van der Waals surface area contributed by atoms with E-state index in [4.69, 9.17) is 0 Å². The van der Waals surface area contributed by atoms with E-state index in [1.54, 1.807) is 11.8 Å². The molecule has 7 heteroatoms. The summed E-state index contributed by atoms with van der Waals surface area (Å²) in [6.45, 7) is 0. The Hall–Kier alpha value is -1.34. The van der Waals surface area contributed by atoms with Crippen molar-refractivity contribution in [3.8, 4) is 0 Å². The molecule has 130 valence electrons. The molecule has 2 heterocycles. The SMILES string of the molecule is CSc1cccc(NC(=O)CCCC[C@@H]2SC[C@@H]3NC(=O)N[C@H]32)c1. The standard InChI is InChI=1S/C17H23N3O2S2/c1-23-12-6-4-5-11(9-12)18-15(21)8-3-2-7-14-16-13(10-24-14)19-17(22)20-16/h4-6,9,13-14,16H,2-3,7-8,10H2,1H3,(H,18,21)(H2,19,20,22)/t13-,14-,16+/m0/s1. The van der Waals surface area contributed by atoms with Crippen LogP contribution in [-0.2, 0) is 4.79 Å². The molecule has 0 spiro atoms.